The molecule has 0 unspecified atom stereocenters. The fourth-order valence-electron chi connectivity index (χ4n) is 1.72. The Morgan fingerprint density at radius 1 is 1.43 bits per heavy atom. The van der Waals surface area contributed by atoms with Crippen LogP contribution in [0.3, 0.4) is 0 Å². The van der Waals surface area contributed by atoms with Crippen LogP contribution in [-0.2, 0) is 23.0 Å². The molecule has 8 heteroatoms. The second-order valence-electron chi connectivity index (χ2n) is 5.03. The van der Waals surface area contributed by atoms with Gasteiger partial charge in [-0.1, -0.05) is 13.8 Å². The van der Waals surface area contributed by atoms with Crippen molar-refractivity contribution < 1.29 is 8.42 Å². The summed E-state index contributed by atoms with van der Waals surface area (Å²) in [6.45, 7) is 5.14. The van der Waals surface area contributed by atoms with Gasteiger partial charge in [-0.2, -0.15) is 0 Å². The number of imidazole rings is 1. The van der Waals surface area contributed by atoms with Gasteiger partial charge >= 0.3 is 0 Å². The van der Waals surface area contributed by atoms with Crippen LogP contribution in [0.15, 0.2) is 28.2 Å². The predicted molar refractivity (Wildman–Crippen MR) is 83.8 cm³/mol. The summed E-state index contributed by atoms with van der Waals surface area (Å²) in [6.07, 6.45) is 3.86. The molecule has 0 saturated heterocycles. The molecule has 0 aliphatic carbocycles. The normalized spacial score (nSPS) is 12.1. The highest BCUT2D eigenvalue weighted by Crippen LogP contribution is 2.20. The van der Waals surface area contributed by atoms with Gasteiger partial charge < -0.3 is 10.3 Å². The molecular weight excluding hydrogens is 308 g/mol. The standard InChI is InChI=1S/C13H20N4O2S2/c1-10(2)15-6-11-5-13(20-8-11)21(18,19)17-4-3-12-7-14-9-16-12/h5,7-10,15,17H,3-4,6H2,1-2H3,(H,14,16). The molecule has 0 aliphatic rings. The van der Waals surface area contributed by atoms with E-state index >= 15 is 0 Å². The van der Waals surface area contributed by atoms with Gasteiger partial charge in [0.2, 0.25) is 10.0 Å². The molecule has 3 N–H and O–H groups in total. The van der Waals surface area contributed by atoms with Crippen molar-refractivity contribution in [3.05, 3.63) is 35.2 Å². The van der Waals surface area contributed by atoms with Gasteiger partial charge in [-0.25, -0.2) is 18.1 Å². The first-order valence-electron chi connectivity index (χ1n) is 6.75. The Kier molecular flexibility index (Phi) is 5.51. The van der Waals surface area contributed by atoms with E-state index in [4.69, 9.17) is 0 Å². The zero-order chi connectivity index (χ0) is 15.3. The summed E-state index contributed by atoms with van der Waals surface area (Å²) < 4.78 is 27.3. The monoisotopic (exact) mass is 328 g/mol. The highest BCUT2D eigenvalue weighted by atomic mass is 32.2. The van der Waals surface area contributed by atoms with Crippen molar-refractivity contribution in [1.29, 1.82) is 0 Å². The lowest BCUT2D eigenvalue weighted by atomic mass is 10.3. The predicted octanol–water partition coefficient (Wildman–Crippen LogP) is 1.49. The van der Waals surface area contributed by atoms with E-state index in [9.17, 15) is 8.42 Å². The average molecular weight is 328 g/mol. The van der Waals surface area contributed by atoms with Gasteiger partial charge in [0.25, 0.3) is 0 Å². The molecule has 0 fully saturated rings. The Morgan fingerprint density at radius 2 is 2.24 bits per heavy atom. The molecule has 2 heterocycles. The van der Waals surface area contributed by atoms with Gasteiger partial charge in [-0.3, -0.25) is 0 Å². The largest absolute Gasteiger partial charge is 0.348 e. The van der Waals surface area contributed by atoms with Crippen molar-refractivity contribution in [3.8, 4) is 0 Å². The van der Waals surface area contributed by atoms with Crippen LogP contribution >= 0.6 is 11.3 Å². The third-order valence-electron chi connectivity index (χ3n) is 2.85. The second-order valence-corrected chi connectivity index (χ2v) is 7.94. The maximum Gasteiger partial charge on any atom is 0.250 e. The first-order chi connectivity index (χ1) is 9.97. The minimum absolute atomic E-state index is 0.349. The Morgan fingerprint density at radius 3 is 2.90 bits per heavy atom. The summed E-state index contributed by atoms with van der Waals surface area (Å²) >= 11 is 1.25. The first kappa shape index (κ1) is 16.2. The lowest BCUT2D eigenvalue weighted by Crippen LogP contribution is -2.25. The van der Waals surface area contributed by atoms with Crippen LogP contribution in [0.1, 0.15) is 25.1 Å². The van der Waals surface area contributed by atoms with E-state index < -0.39 is 10.0 Å². The molecule has 2 rings (SSSR count). The van der Waals surface area contributed by atoms with Crippen LogP contribution in [0.4, 0.5) is 0 Å². The van der Waals surface area contributed by atoms with Crippen LogP contribution in [0.25, 0.3) is 0 Å². The van der Waals surface area contributed by atoms with Crippen LogP contribution in [0, 0.1) is 0 Å². The minimum atomic E-state index is -3.42. The molecule has 0 aromatic carbocycles. The van der Waals surface area contributed by atoms with E-state index in [-0.39, 0.29) is 0 Å². The van der Waals surface area contributed by atoms with E-state index in [2.05, 4.69) is 33.9 Å². The lowest BCUT2D eigenvalue weighted by Gasteiger charge is -2.05. The fraction of sp³-hybridized carbons (Fsp3) is 0.462. The van der Waals surface area contributed by atoms with Crippen molar-refractivity contribution in [3.63, 3.8) is 0 Å². The SMILES string of the molecule is CC(C)NCc1csc(S(=O)(=O)NCCc2cnc[nH]2)c1. The zero-order valence-corrected chi connectivity index (χ0v) is 13.7. The van der Waals surface area contributed by atoms with Crippen LogP contribution < -0.4 is 10.0 Å². The van der Waals surface area contributed by atoms with Gasteiger partial charge in [0.1, 0.15) is 4.21 Å². The molecule has 0 spiro atoms. The molecule has 0 saturated carbocycles. The number of hydrogen-bond donors (Lipinski definition) is 3. The van der Waals surface area contributed by atoms with Crippen molar-refractivity contribution in [2.45, 2.75) is 37.1 Å². The molecule has 0 radical (unpaired) electrons. The molecule has 116 valence electrons. The maximum atomic E-state index is 12.2. The smallest absolute Gasteiger partial charge is 0.250 e. The van der Waals surface area contributed by atoms with Gasteiger partial charge in [0, 0.05) is 37.4 Å². The minimum Gasteiger partial charge on any atom is -0.348 e. The van der Waals surface area contributed by atoms with E-state index in [0.717, 1.165) is 11.3 Å². The van der Waals surface area contributed by atoms with E-state index in [0.29, 0.717) is 29.8 Å². The quantitative estimate of drug-likeness (QED) is 0.685. The summed E-state index contributed by atoms with van der Waals surface area (Å²) in [5, 5.41) is 5.14. The number of aromatic nitrogens is 2. The number of nitrogens with one attached hydrogen (secondary N) is 3. The van der Waals surface area contributed by atoms with E-state index in [1.807, 2.05) is 5.38 Å². The Hall–Kier alpha value is -1.22. The summed E-state index contributed by atoms with van der Waals surface area (Å²) in [4.78, 5) is 6.84. The highest BCUT2D eigenvalue weighted by molar-refractivity contribution is 7.91. The number of sulfonamides is 1. The van der Waals surface area contributed by atoms with E-state index in [1.54, 1.807) is 18.6 Å². The first-order valence-corrected chi connectivity index (χ1v) is 9.11. The van der Waals surface area contributed by atoms with Gasteiger partial charge in [-0.15, -0.1) is 11.3 Å². The summed E-state index contributed by atoms with van der Waals surface area (Å²) in [5.74, 6) is 0. The van der Waals surface area contributed by atoms with Crippen LogP contribution in [-0.4, -0.2) is 31.0 Å². The number of nitrogens with zero attached hydrogens (tertiary/aromatic N) is 1. The van der Waals surface area contributed by atoms with E-state index in [1.165, 1.54) is 11.3 Å². The fourth-order valence-corrected chi connectivity index (χ4v) is 4.01. The molecule has 6 nitrogen and oxygen atoms in total. The molecule has 0 aliphatic heterocycles. The van der Waals surface area contributed by atoms with Crippen molar-refractivity contribution >= 4 is 21.4 Å². The van der Waals surface area contributed by atoms with Gasteiger partial charge in [-0.05, 0) is 17.0 Å². The number of rotatable bonds is 8. The third-order valence-corrected chi connectivity index (χ3v) is 5.80. The number of H-pyrrole nitrogens is 1. The third kappa shape index (κ3) is 4.92. The molecule has 2 aromatic rings. The number of hydrogen-bond acceptors (Lipinski definition) is 5. The highest BCUT2D eigenvalue weighted by Gasteiger charge is 2.16. The molecule has 0 atom stereocenters. The lowest BCUT2D eigenvalue weighted by molar-refractivity contribution is 0.582. The Balaban J connectivity index is 1.89. The van der Waals surface area contributed by atoms with Crippen molar-refractivity contribution in [2.24, 2.45) is 0 Å². The topological polar surface area (TPSA) is 86.9 Å². The number of aromatic amines is 1. The molecule has 0 amide bonds. The Labute approximate surface area is 129 Å². The van der Waals surface area contributed by atoms with Crippen molar-refractivity contribution in [2.75, 3.05) is 6.54 Å². The molecule has 0 bridgehead atoms. The summed E-state index contributed by atoms with van der Waals surface area (Å²) in [5.41, 5.74) is 1.90. The molecule has 21 heavy (non-hydrogen) atoms. The van der Waals surface area contributed by atoms with Crippen LogP contribution in [0.5, 0.6) is 0 Å². The second kappa shape index (κ2) is 7.17. The Bertz CT molecular complexity index is 648. The van der Waals surface area contributed by atoms with Crippen LogP contribution in [0.2, 0.25) is 0 Å². The summed E-state index contributed by atoms with van der Waals surface area (Å²) in [6, 6.07) is 2.09. The molecule has 2 aromatic heterocycles. The zero-order valence-electron chi connectivity index (χ0n) is 12.1. The van der Waals surface area contributed by atoms with Gasteiger partial charge in [0.05, 0.1) is 6.33 Å². The van der Waals surface area contributed by atoms with Gasteiger partial charge in [0.15, 0.2) is 0 Å². The number of thiophene rings is 1. The maximum absolute atomic E-state index is 12.2. The van der Waals surface area contributed by atoms with Crippen molar-refractivity contribution in [1.82, 2.24) is 20.0 Å². The molecular formula is C13H20N4O2S2. The average Bonchev–Trinajstić information content (AvgIpc) is 3.07. The summed E-state index contributed by atoms with van der Waals surface area (Å²) in [7, 11) is -3.42.